The van der Waals surface area contributed by atoms with Crippen LogP contribution in [-0.4, -0.2) is 16.1 Å². The summed E-state index contributed by atoms with van der Waals surface area (Å²) in [6.07, 6.45) is 0.0637. The smallest absolute Gasteiger partial charge is 0.307 e. The van der Waals surface area contributed by atoms with Crippen LogP contribution >= 0.6 is 11.3 Å². The maximum absolute atomic E-state index is 10.8. The van der Waals surface area contributed by atoms with Gasteiger partial charge in [0.2, 0.25) is 0 Å². The number of thiazole rings is 1. The van der Waals surface area contributed by atoms with Crippen molar-refractivity contribution in [2.45, 2.75) is 26.4 Å². The zero-order valence-corrected chi connectivity index (χ0v) is 11.5. The van der Waals surface area contributed by atoms with Crippen LogP contribution in [0, 0.1) is 6.92 Å². The summed E-state index contributed by atoms with van der Waals surface area (Å²) < 4.78 is 0. The second kappa shape index (κ2) is 6.45. The molecule has 2 rings (SSSR count). The number of hydrogen-bond donors (Lipinski definition) is 2. The van der Waals surface area contributed by atoms with Gasteiger partial charge in [-0.3, -0.25) is 4.79 Å². The molecule has 0 aliphatic rings. The Labute approximate surface area is 116 Å². The van der Waals surface area contributed by atoms with Crippen molar-refractivity contribution in [3.05, 3.63) is 51.5 Å². The highest BCUT2D eigenvalue weighted by molar-refractivity contribution is 7.09. The van der Waals surface area contributed by atoms with E-state index in [2.05, 4.69) is 10.3 Å². The number of rotatable bonds is 6. The number of carbonyl (C=O) groups is 1. The van der Waals surface area contributed by atoms with E-state index in [9.17, 15) is 4.79 Å². The van der Waals surface area contributed by atoms with Gasteiger partial charge in [0.25, 0.3) is 0 Å². The standard InChI is InChI=1S/C14H16N2O2S/c1-10-9-19-13(16-10)8-15-7-12-5-3-2-4-11(12)6-14(17)18/h2-5,9,15H,6-8H2,1H3,(H,17,18). The van der Waals surface area contributed by atoms with Crippen molar-refractivity contribution in [3.63, 3.8) is 0 Å². The molecule has 2 aromatic rings. The lowest BCUT2D eigenvalue weighted by molar-refractivity contribution is -0.136. The van der Waals surface area contributed by atoms with Gasteiger partial charge in [-0.25, -0.2) is 4.98 Å². The van der Waals surface area contributed by atoms with Crippen molar-refractivity contribution in [1.29, 1.82) is 0 Å². The summed E-state index contributed by atoms with van der Waals surface area (Å²) in [5, 5.41) is 15.2. The number of aryl methyl sites for hydroxylation is 1. The molecule has 0 bridgehead atoms. The number of aliphatic carboxylic acids is 1. The Bertz CT molecular complexity index is 566. The Morgan fingerprint density at radius 2 is 2.05 bits per heavy atom. The van der Waals surface area contributed by atoms with Crippen molar-refractivity contribution in [2.24, 2.45) is 0 Å². The molecule has 0 amide bonds. The lowest BCUT2D eigenvalue weighted by Crippen LogP contribution is -2.15. The van der Waals surface area contributed by atoms with E-state index in [1.54, 1.807) is 11.3 Å². The van der Waals surface area contributed by atoms with Gasteiger partial charge >= 0.3 is 5.97 Å². The third kappa shape index (κ3) is 4.15. The first-order chi connectivity index (χ1) is 9.15. The van der Waals surface area contributed by atoms with Crippen LogP contribution in [-0.2, 0) is 24.3 Å². The van der Waals surface area contributed by atoms with Crippen LogP contribution in [0.25, 0.3) is 0 Å². The molecule has 0 aliphatic heterocycles. The summed E-state index contributed by atoms with van der Waals surface area (Å²) in [5.74, 6) is -0.803. The zero-order chi connectivity index (χ0) is 13.7. The lowest BCUT2D eigenvalue weighted by Gasteiger charge is -2.08. The van der Waals surface area contributed by atoms with E-state index in [4.69, 9.17) is 5.11 Å². The molecule has 5 heteroatoms. The second-order valence-corrected chi connectivity index (χ2v) is 5.27. The van der Waals surface area contributed by atoms with Crippen molar-refractivity contribution >= 4 is 17.3 Å². The Hall–Kier alpha value is -1.72. The molecule has 19 heavy (non-hydrogen) atoms. The maximum atomic E-state index is 10.8. The third-order valence-corrected chi connectivity index (χ3v) is 3.68. The highest BCUT2D eigenvalue weighted by Crippen LogP contribution is 2.11. The monoisotopic (exact) mass is 276 g/mol. The Balaban J connectivity index is 1.93. The molecule has 2 N–H and O–H groups in total. The third-order valence-electron chi connectivity index (χ3n) is 2.72. The number of hydrogen-bond acceptors (Lipinski definition) is 4. The van der Waals surface area contributed by atoms with E-state index in [0.29, 0.717) is 13.1 Å². The first-order valence-corrected chi connectivity index (χ1v) is 6.93. The molecular weight excluding hydrogens is 260 g/mol. The van der Waals surface area contributed by atoms with Gasteiger partial charge in [-0.05, 0) is 18.1 Å². The molecule has 0 fully saturated rings. The number of carboxylic acid groups (broad SMARTS) is 1. The van der Waals surface area contributed by atoms with Crippen LogP contribution in [0.1, 0.15) is 21.8 Å². The molecule has 4 nitrogen and oxygen atoms in total. The van der Waals surface area contributed by atoms with Gasteiger partial charge in [0.05, 0.1) is 6.42 Å². The van der Waals surface area contributed by atoms with Gasteiger partial charge in [-0.1, -0.05) is 24.3 Å². The van der Waals surface area contributed by atoms with E-state index in [1.807, 2.05) is 36.6 Å². The maximum Gasteiger partial charge on any atom is 0.307 e. The van der Waals surface area contributed by atoms with E-state index in [0.717, 1.165) is 21.8 Å². The summed E-state index contributed by atoms with van der Waals surface area (Å²) in [6, 6.07) is 7.61. The van der Waals surface area contributed by atoms with Gasteiger partial charge in [0, 0.05) is 24.2 Å². The number of nitrogens with zero attached hydrogens (tertiary/aromatic N) is 1. The van der Waals surface area contributed by atoms with Crippen LogP contribution in [0.3, 0.4) is 0 Å². The second-order valence-electron chi connectivity index (χ2n) is 4.33. The molecule has 0 aliphatic carbocycles. The van der Waals surface area contributed by atoms with Crippen LogP contribution in [0.2, 0.25) is 0 Å². The normalized spacial score (nSPS) is 10.6. The van der Waals surface area contributed by atoms with Crippen molar-refractivity contribution in [3.8, 4) is 0 Å². The highest BCUT2D eigenvalue weighted by atomic mass is 32.1. The lowest BCUT2D eigenvalue weighted by atomic mass is 10.0. The predicted molar refractivity (Wildman–Crippen MR) is 75.2 cm³/mol. The topological polar surface area (TPSA) is 62.2 Å². The molecule has 0 saturated heterocycles. The molecule has 0 saturated carbocycles. The molecule has 0 spiro atoms. The average Bonchev–Trinajstić information content (AvgIpc) is 2.77. The molecule has 1 aromatic carbocycles. The van der Waals surface area contributed by atoms with Crippen LogP contribution < -0.4 is 5.32 Å². The van der Waals surface area contributed by atoms with Gasteiger partial charge in [-0.15, -0.1) is 11.3 Å². The summed E-state index contributed by atoms with van der Waals surface area (Å²) in [4.78, 5) is 15.2. The van der Waals surface area contributed by atoms with E-state index in [1.165, 1.54) is 0 Å². The predicted octanol–water partition coefficient (Wildman–Crippen LogP) is 2.37. The van der Waals surface area contributed by atoms with Crippen molar-refractivity contribution in [1.82, 2.24) is 10.3 Å². The molecule has 0 unspecified atom stereocenters. The fraction of sp³-hybridized carbons (Fsp3) is 0.286. The first kappa shape index (κ1) is 13.7. The fourth-order valence-corrected chi connectivity index (χ4v) is 2.59. The Morgan fingerprint density at radius 3 is 2.68 bits per heavy atom. The van der Waals surface area contributed by atoms with E-state index in [-0.39, 0.29) is 6.42 Å². The van der Waals surface area contributed by atoms with Gasteiger partial charge in [0.1, 0.15) is 5.01 Å². The first-order valence-electron chi connectivity index (χ1n) is 6.05. The number of nitrogens with one attached hydrogen (secondary N) is 1. The van der Waals surface area contributed by atoms with Crippen molar-refractivity contribution in [2.75, 3.05) is 0 Å². The van der Waals surface area contributed by atoms with Crippen molar-refractivity contribution < 1.29 is 9.90 Å². The fourth-order valence-electron chi connectivity index (χ4n) is 1.85. The largest absolute Gasteiger partial charge is 0.481 e. The highest BCUT2D eigenvalue weighted by Gasteiger charge is 2.06. The number of aromatic nitrogens is 1. The summed E-state index contributed by atoms with van der Waals surface area (Å²) >= 11 is 1.63. The molecule has 1 aromatic heterocycles. The van der Waals surface area contributed by atoms with E-state index >= 15 is 0 Å². The summed E-state index contributed by atoms with van der Waals surface area (Å²) in [7, 11) is 0. The van der Waals surface area contributed by atoms with E-state index < -0.39 is 5.97 Å². The quantitative estimate of drug-likeness (QED) is 0.850. The summed E-state index contributed by atoms with van der Waals surface area (Å²) in [5.41, 5.74) is 2.92. The van der Waals surface area contributed by atoms with Gasteiger partial charge in [-0.2, -0.15) is 0 Å². The zero-order valence-electron chi connectivity index (χ0n) is 10.7. The minimum absolute atomic E-state index is 0.0637. The average molecular weight is 276 g/mol. The van der Waals surface area contributed by atoms with Crippen LogP contribution in [0.15, 0.2) is 29.6 Å². The van der Waals surface area contributed by atoms with Crippen LogP contribution in [0.5, 0.6) is 0 Å². The van der Waals surface area contributed by atoms with Gasteiger partial charge in [0.15, 0.2) is 0 Å². The Morgan fingerprint density at radius 1 is 1.32 bits per heavy atom. The minimum Gasteiger partial charge on any atom is -0.481 e. The molecular formula is C14H16N2O2S. The SMILES string of the molecule is Cc1csc(CNCc2ccccc2CC(=O)O)n1. The molecule has 100 valence electrons. The molecule has 1 heterocycles. The number of carboxylic acids is 1. The molecule has 0 atom stereocenters. The van der Waals surface area contributed by atoms with Gasteiger partial charge < -0.3 is 10.4 Å². The van der Waals surface area contributed by atoms with Crippen LogP contribution in [0.4, 0.5) is 0 Å². The molecule has 0 radical (unpaired) electrons. The Kier molecular flexibility index (Phi) is 4.65. The number of benzene rings is 1. The summed E-state index contributed by atoms with van der Waals surface area (Å²) in [6.45, 7) is 3.34. The minimum atomic E-state index is -0.803.